The molecule has 1 aliphatic heterocycles. The number of nitrogens with two attached hydrogens (primary N) is 1. The number of rotatable bonds is 8. The van der Waals surface area contributed by atoms with Gasteiger partial charge in [-0.1, -0.05) is 23.9 Å². The van der Waals surface area contributed by atoms with Crippen LogP contribution in [0, 0.1) is 5.41 Å². The lowest BCUT2D eigenvalue weighted by Gasteiger charge is -2.13. The number of fused-ring (bicyclic) bond motifs is 1. The average Bonchev–Trinajstić information content (AvgIpc) is 2.74. The number of nitrogens with one attached hydrogen (secondary N) is 2. The van der Waals surface area contributed by atoms with E-state index in [4.69, 9.17) is 11.1 Å². The van der Waals surface area contributed by atoms with Gasteiger partial charge in [-0.15, -0.1) is 34.0 Å². The zero-order valence-corrected chi connectivity index (χ0v) is 17.4. The van der Waals surface area contributed by atoms with Gasteiger partial charge in [0.15, 0.2) is 5.17 Å². The second kappa shape index (κ2) is 11.6. The number of hydrogen-bond acceptors (Lipinski definition) is 5. The summed E-state index contributed by atoms with van der Waals surface area (Å²) in [5.74, 6) is 0.428. The van der Waals surface area contributed by atoms with Crippen molar-refractivity contribution in [3.63, 3.8) is 0 Å². The lowest BCUT2D eigenvalue weighted by Crippen LogP contribution is -2.32. The molecule has 0 radical (unpaired) electrons. The van der Waals surface area contributed by atoms with E-state index in [2.05, 4.69) is 5.32 Å². The molecule has 0 fully saturated rings. The van der Waals surface area contributed by atoms with Gasteiger partial charge >= 0.3 is 0 Å². The zero-order chi connectivity index (χ0) is 15.9. The maximum atomic E-state index is 12.1. The number of benzene rings is 1. The van der Waals surface area contributed by atoms with Crippen molar-refractivity contribution in [1.82, 2.24) is 10.2 Å². The number of hydrogen-bond donors (Lipinski definition) is 3. The molecular weight excluding hydrogens is 460 g/mol. The van der Waals surface area contributed by atoms with Crippen LogP contribution in [0.2, 0.25) is 0 Å². The molecule has 1 aliphatic rings. The average molecular weight is 482 g/mol. The fourth-order valence-electron chi connectivity index (χ4n) is 2.31. The third kappa shape index (κ3) is 6.19. The molecule has 9 heteroatoms. The highest BCUT2D eigenvalue weighted by Gasteiger charge is 2.34. The smallest absolute Gasteiger partial charge is 0.261 e. The minimum Gasteiger partial charge on any atom is -0.379 e. The van der Waals surface area contributed by atoms with Crippen molar-refractivity contribution >= 4 is 62.7 Å². The van der Waals surface area contributed by atoms with Crippen molar-refractivity contribution in [2.24, 2.45) is 5.73 Å². The Balaban J connectivity index is 0.00000264. The Morgan fingerprint density at radius 2 is 1.62 bits per heavy atom. The van der Waals surface area contributed by atoms with Crippen molar-refractivity contribution in [3.05, 3.63) is 35.4 Å². The molecular formula is C15H22Br2N4O2S. The summed E-state index contributed by atoms with van der Waals surface area (Å²) < 4.78 is 0. The number of carbonyl (C=O) groups is 2. The normalized spacial score (nSPS) is 12.4. The van der Waals surface area contributed by atoms with Gasteiger partial charge in [0.25, 0.3) is 11.8 Å². The van der Waals surface area contributed by atoms with Gasteiger partial charge in [-0.3, -0.25) is 19.9 Å². The number of thioether (sulfide) groups is 1. The molecule has 1 aromatic carbocycles. The van der Waals surface area contributed by atoms with E-state index in [1.807, 2.05) is 0 Å². The number of amides is 2. The molecule has 0 aromatic heterocycles. The first kappa shape index (κ1) is 23.1. The van der Waals surface area contributed by atoms with Gasteiger partial charge in [-0.25, -0.2) is 0 Å². The van der Waals surface area contributed by atoms with Crippen molar-refractivity contribution in [1.29, 1.82) is 5.41 Å². The quantitative estimate of drug-likeness (QED) is 0.229. The summed E-state index contributed by atoms with van der Waals surface area (Å²) in [6.07, 6.45) is 1.66. The van der Waals surface area contributed by atoms with Crippen LogP contribution in [0.3, 0.4) is 0 Å². The zero-order valence-electron chi connectivity index (χ0n) is 13.1. The second-order valence-electron chi connectivity index (χ2n) is 4.98. The summed E-state index contributed by atoms with van der Waals surface area (Å²) in [5, 5.41) is 10.5. The van der Waals surface area contributed by atoms with Crippen molar-refractivity contribution in [3.8, 4) is 0 Å². The summed E-state index contributed by atoms with van der Waals surface area (Å²) in [7, 11) is 0. The van der Waals surface area contributed by atoms with Crippen LogP contribution in [0.1, 0.15) is 33.6 Å². The Hall–Kier alpha value is -0.900. The highest BCUT2D eigenvalue weighted by atomic mass is 79.9. The molecule has 6 nitrogen and oxygen atoms in total. The van der Waals surface area contributed by atoms with Crippen LogP contribution in [0.4, 0.5) is 0 Å². The van der Waals surface area contributed by atoms with E-state index in [1.54, 1.807) is 24.3 Å². The highest BCUT2D eigenvalue weighted by Crippen LogP contribution is 2.22. The monoisotopic (exact) mass is 480 g/mol. The first-order chi connectivity index (χ1) is 10.6. The molecule has 0 aliphatic carbocycles. The molecule has 24 heavy (non-hydrogen) atoms. The Morgan fingerprint density at radius 3 is 2.17 bits per heavy atom. The number of amidine groups is 1. The third-order valence-corrected chi connectivity index (χ3v) is 4.17. The second-order valence-corrected chi connectivity index (χ2v) is 6.11. The van der Waals surface area contributed by atoms with Crippen LogP contribution in [0.25, 0.3) is 0 Å². The van der Waals surface area contributed by atoms with Crippen LogP contribution >= 0.6 is 45.7 Å². The molecule has 0 atom stereocenters. The number of imide groups is 1. The largest absolute Gasteiger partial charge is 0.379 e. The minimum atomic E-state index is -0.196. The third-order valence-electron chi connectivity index (χ3n) is 3.37. The standard InChI is InChI=1S/C15H20N4O2S.2BrH/c16-15(17)22-10-4-8-18-7-3-9-19-13(20)11-5-1-2-6-12(11)14(19)21;;/h1-2,5-6,18H,3-4,7-10H2,(H3,16,17);2*1H. The molecule has 2 rings (SSSR count). The predicted molar refractivity (Wildman–Crippen MR) is 109 cm³/mol. The molecule has 0 unspecified atom stereocenters. The van der Waals surface area contributed by atoms with Gasteiger partial charge in [0.05, 0.1) is 11.1 Å². The lowest BCUT2D eigenvalue weighted by atomic mass is 10.1. The Morgan fingerprint density at radius 1 is 1.08 bits per heavy atom. The predicted octanol–water partition coefficient (Wildman–Crippen LogP) is 2.43. The van der Waals surface area contributed by atoms with E-state index in [-0.39, 0.29) is 50.9 Å². The summed E-state index contributed by atoms with van der Waals surface area (Å²) in [4.78, 5) is 25.6. The molecule has 0 saturated carbocycles. The summed E-state index contributed by atoms with van der Waals surface area (Å²) in [6.45, 7) is 2.02. The maximum Gasteiger partial charge on any atom is 0.261 e. The van der Waals surface area contributed by atoms with E-state index >= 15 is 0 Å². The number of nitrogens with zero attached hydrogens (tertiary/aromatic N) is 1. The molecule has 2 amide bonds. The fourth-order valence-corrected chi connectivity index (χ4v) is 2.82. The molecule has 1 aromatic rings. The van der Waals surface area contributed by atoms with Crippen molar-refractivity contribution in [2.75, 3.05) is 25.4 Å². The maximum absolute atomic E-state index is 12.1. The summed E-state index contributed by atoms with van der Waals surface area (Å²) in [5.41, 5.74) is 6.25. The van der Waals surface area contributed by atoms with Crippen LogP contribution < -0.4 is 11.1 Å². The van der Waals surface area contributed by atoms with Gasteiger partial charge < -0.3 is 11.1 Å². The molecule has 4 N–H and O–H groups in total. The van der Waals surface area contributed by atoms with E-state index in [9.17, 15) is 9.59 Å². The molecule has 0 spiro atoms. The van der Waals surface area contributed by atoms with Gasteiger partial charge in [-0.2, -0.15) is 0 Å². The highest BCUT2D eigenvalue weighted by molar-refractivity contribution is 8.93. The van der Waals surface area contributed by atoms with E-state index in [0.717, 1.165) is 31.7 Å². The topological polar surface area (TPSA) is 99.3 Å². The molecule has 0 bridgehead atoms. The fraction of sp³-hybridized carbons (Fsp3) is 0.400. The Bertz CT molecular complexity index is 551. The first-order valence-electron chi connectivity index (χ1n) is 7.24. The van der Waals surface area contributed by atoms with E-state index in [1.165, 1.54) is 16.7 Å². The van der Waals surface area contributed by atoms with Gasteiger partial charge in [-0.05, 0) is 38.1 Å². The Kier molecular flexibility index (Phi) is 11.2. The molecule has 1 heterocycles. The van der Waals surface area contributed by atoms with Crippen LogP contribution in [0.5, 0.6) is 0 Å². The van der Waals surface area contributed by atoms with Crippen molar-refractivity contribution < 1.29 is 9.59 Å². The molecule has 0 saturated heterocycles. The first-order valence-corrected chi connectivity index (χ1v) is 8.22. The van der Waals surface area contributed by atoms with Gasteiger partial charge in [0.1, 0.15) is 0 Å². The Labute approximate surface area is 167 Å². The minimum absolute atomic E-state index is 0. The molecule has 134 valence electrons. The lowest BCUT2D eigenvalue weighted by molar-refractivity contribution is 0.0652. The van der Waals surface area contributed by atoms with Crippen molar-refractivity contribution in [2.45, 2.75) is 12.8 Å². The number of carbonyl (C=O) groups excluding carboxylic acids is 2. The van der Waals surface area contributed by atoms with Crippen LogP contribution in [-0.4, -0.2) is 47.3 Å². The summed E-state index contributed by atoms with van der Waals surface area (Å²) >= 11 is 1.33. The van der Waals surface area contributed by atoms with Crippen LogP contribution in [0.15, 0.2) is 24.3 Å². The number of halogens is 2. The van der Waals surface area contributed by atoms with Crippen LogP contribution in [-0.2, 0) is 0 Å². The summed E-state index contributed by atoms with van der Waals surface area (Å²) in [6, 6.07) is 6.93. The van der Waals surface area contributed by atoms with Gasteiger partial charge in [0.2, 0.25) is 0 Å². The SMILES string of the molecule is Br.Br.N=C(N)SCCCNCCCN1C(=O)c2ccccc2C1=O. The van der Waals surface area contributed by atoms with Gasteiger partial charge in [0, 0.05) is 12.3 Å². The van der Waals surface area contributed by atoms with E-state index in [0.29, 0.717) is 17.7 Å². The van der Waals surface area contributed by atoms with E-state index < -0.39 is 0 Å².